The monoisotopic (exact) mass is 296 g/mol. The number of methoxy groups -OCH3 is 1. The number of hydrogen-bond acceptors (Lipinski definition) is 4. The van der Waals surface area contributed by atoms with Crippen molar-refractivity contribution in [2.24, 2.45) is 5.73 Å². The fourth-order valence-corrected chi connectivity index (χ4v) is 3.02. The predicted octanol–water partition coefficient (Wildman–Crippen LogP) is 0.618. The van der Waals surface area contributed by atoms with Crippen LogP contribution >= 0.6 is 0 Å². The molecule has 0 fully saturated rings. The molecule has 110 valence electrons. The van der Waals surface area contributed by atoms with Crippen LogP contribution in [0.1, 0.15) is 18.1 Å². The van der Waals surface area contributed by atoms with E-state index in [0.29, 0.717) is 6.61 Å². The number of nitrogens with two attached hydrogens (primary N) is 1. The Morgan fingerprint density at radius 1 is 1.45 bits per heavy atom. The Balaban J connectivity index is 3.00. The van der Waals surface area contributed by atoms with Crippen LogP contribution in [0.15, 0.2) is 23.1 Å². The first-order valence-electron chi connectivity index (χ1n) is 6.21. The summed E-state index contributed by atoms with van der Waals surface area (Å²) in [5, 5.41) is 0. The van der Waals surface area contributed by atoms with Crippen LogP contribution < -0.4 is 10.5 Å². The van der Waals surface area contributed by atoms with Gasteiger partial charge in [0.05, 0.1) is 18.0 Å². The van der Waals surface area contributed by atoms with Gasteiger partial charge in [0.25, 0.3) is 0 Å². The highest BCUT2D eigenvalue weighted by molar-refractivity contribution is 7.89. The van der Waals surface area contributed by atoms with Crippen molar-refractivity contribution < 1.29 is 13.2 Å². The maximum Gasteiger partial charge on any atom is 0.240 e. The van der Waals surface area contributed by atoms with Gasteiger partial charge >= 0.3 is 0 Å². The average molecular weight is 296 g/mol. The minimum atomic E-state index is -3.54. The van der Waals surface area contributed by atoms with E-state index >= 15 is 0 Å². The lowest BCUT2D eigenvalue weighted by Crippen LogP contribution is -2.35. The third-order valence-corrected chi connectivity index (χ3v) is 4.19. The Morgan fingerprint density at radius 2 is 2.15 bits per heavy atom. The van der Waals surface area contributed by atoms with E-state index in [1.807, 2.05) is 6.92 Å². The Kier molecular flexibility index (Phi) is 6.17. The maximum absolute atomic E-state index is 12.2. The highest BCUT2D eigenvalue weighted by atomic mass is 32.2. The van der Waals surface area contributed by atoms with Gasteiger partial charge in [-0.05, 0) is 37.6 Å². The van der Waals surface area contributed by atoms with Crippen LogP contribution in [0.4, 0.5) is 0 Å². The van der Waals surface area contributed by atoms with Crippen LogP contribution in [-0.2, 0) is 14.8 Å². The first-order valence-corrected chi connectivity index (χ1v) is 7.70. The number of sulfonamides is 1. The lowest BCUT2D eigenvalue weighted by atomic mass is 10.1. The summed E-state index contributed by atoms with van der Waals surface area (Å²) in [5.74, 6) is 5.65. The van der Waals surface area contributed by atoms with Crippen molar-refractivity contribution in [2.45, 2.75) is 24.8 Å². The quantitative estimate of drug-likeness (QED) is 0.780. The van der Waals surface area contributed by atoms with Crippen molar-refractivity contribution in [2.75, 3.05) is 20.3 Å². The molecular formula is C14H20N2O3S. The van der Waals surface area contributed by atoms with Gasteiger partial charge in [-0.1, -0.05) is 11.8 Å². The summed E-state index contributed by atoms with van der Waals surface area (Å²) < 4.78 is 31.8. The minimum Gasteiger partial charge on any atom is -0.383 e. The highest BCUT2D eigenvalue weighted by Gasteiger charge is 2.17. The molecule has 0 aromatic heterocycles. The number of benzene rings is 1. The molecule has 0 saturated carbocycles. The van der Waals surface area contributed by atoms with E-state index in [-0.39, 0.29) is 17.5 Å². The zero-order valence-electron chi connectivity index (χ0n) is 11.9. The van der Waals surface area contributed by atoms with Crippen LogP contribution in [0, 0.1) is 18.8 Å². The van der Waals surface area contributed by atoms with Gasteiger partial charge in [-0.2, -0.15) is 0 Å². The maximum atomic E-state index is 12.2. The highest BCUT2D eigenvalue weighted by Crippen LogP contribution is 2.15. The molecular weight excluding hydrogens is 276 g/mol. The molecule has 0 bridgehead atoms. The van der Waals surface area contributed by atoms with E-state index in [1.165, 1.54) is 13.2 Å². The third kappa shape index (κ3) is 4.62. The van der Waals surface area contributed by atoms with Crippen molar-refractivity contribution in [3.8, 4) is 11.8 Å². The molecule has 5 nitrogen and oxygen atoms in total. The van der Waals surface area contributed by atoms with E-state index in [2.05, 4.69) is 16.6 Å². The number of rotatable bonds is 5. The van der Waals surface area contributed by atoms with Crippen LogP contribution in [0.3, 0.4) is 0 Å². The standard InChI is InChI=1S/C14H20N2O3S/c1-11-9-14(7-6-13(11)5-4-8-15)20(17,18)16-12(2)10-19-3/h6-7,9,12,16H,8,10,15H2,1-3H3. The molecule has 0 radical (unpaired) electrons. The number of hydrogen-bond donors (Lipinski definition) is 2. The van der Waals surface area contributed by atoms with Gasteiger partial charge in [0.2, 0.25) is 10.0 Å². The predicted molar refractivity (Wildman–Crippen MR) is 78.8 cm³/mol. The van der Waals surface area contributed by atoms with Gasteiger partial charge in [-0.15, -0.1) is 0 Å². The second-order valence-electron chi connectivity index (χ2n) is 4.46. The van der Waals surface area contributed by atoms with Gasteiger partial charge in [-0.3, -0.25) is 0 Å². The summed E-state index contributed by atoms with van der Waals surface area (Å²) in [6.07, 6.45) is 0. The zero-order chi connectivity index (χ0) is 15.2. The molecule has 0 saturated heterocycles. The topological polar surface area (TPSA) is 81.4 Å². The molecule has 20 heavy (non-hydrogen) atoms. The molecule has 3 N–H and O–H groups in total. The van der Waals surface area contributed by atoms with E-state index < -0.39 is 10.0 Å². The van der Waals surface area contributed by atoms with Crippen molar-refractivity contribution in [3.63, 3.8) is 0 Å². The van der Waals surface area contributed by atoms with Gasteiger partial charge < -0.3 is 10.5 Å². The SMILES string of the molecule is COCC(C)NS(=O)(=O)c1ccc(C#CCN)c(C)c1. The second-order valence-corrected chi connectivity index (χ2v) is 6.17. The lowest BCUT2D eigenvalue weighted by Gasteiger charge is -2.13. The first kappa shape index (κ1) is 16.7. The number of aryl methyl sites for hydroxylation is 1. The van der Waals surface area contributed by atoms with Gasteiger partial charge in [0.1, 0.15) is 0 Å². The fourth-order valence-electron chi connectivity index (χ4n) is 1.71. The Bertz CT molecular complexity index is 615. The summed E-state index contributed by atoms with van der Waals surface area (Å²) in [7, 11) is -2.02. The van der Waals surface area contributed by atoms with Gasteiger partial charge in [0.15, 0.2) is 0 Å². The molecule has 0 aliphatic heterocycles. The van der Waals surface area contributed by atoms with E-state index in [4.69, 9.17) is 10.5 Å². The first-order chi connectivity index (χ1) is 9.40. The largest absolute Gasteiger partial charge is 0.383 e. The van der Waals surface area contributed by atoms with Crippen molar-refractivity contribution in [3.05, 3.63) is 29.3 Å². The molecule has 1 atom stereocenters. The normalized spacial score (nSPS) is 12.6. The summed E-state index contributed by atoms with van der Waals surface area (Å²) in [6, 6.07) is 4.53. The third-order valence-electron chi connectivity index (χ3n) is 2.61. The average Bonchev–Trinajstić information content (AvgIpc) is 2.36. The lowest BCUT2D eigenvalue weighted by molar-refractivity contribution is 0.180. The van der Waals surface area contributed by atoms with Crippen LogP contribution in [0.5, 0.6) is 0 Å². The molecule has 6 heteroatoms. The van der Waals surface area contributed by atoms with E-state index in [0.717, 1.165) is 11.1 Å². The minimum absolute atomic E-state index is 0.219. The summed E-state index contributed by atoms with van der Waals surface area (Å²) in [6.45, 7) is 4.15. The van der Waals surface area contributed by atoms with Crippen molar-refractivity contribution >= 4 is 10.0 Å². The summed E-state index contributed by atoms with van der Waals surface area (Å²) >= 11 is 0. The van der Waals surface area contributed by atoms with Crippen LogP contribution in [0.2, 0.25) is 0 Å². The van der Waals surface area contributed by atoms with Crippen LogP contribution in [0.25, 0.3) is 0 Å². The van der Waals surface area contributed by atoms with Crippen molar-refractivity contribution in [1.29, 1.82) is 0 Å². The molecule has 0 aliphatic rings. The molecule has 0 amide bonds. The van der Waals surface area contributed by atoms with E-state index in [1.54, 1.807) is 19.1 Å². The summed E-state index contributed by atoms with van der Waals surface area (Å²) in [5.41, 5.74) is 6.89. The van der Waals surface area contributed by atoms with Gasteiger partial charge in [0, 0.05) is 18.7 Å². The number of nitrogens with one attached hydrogen (secondary N) is 1. The Hall–Kier alpha value is -1.39. The molecule has 1 aromatic carbocycles. The van der Waals surface area contributed by atoms with Crippen LogP contribution in [-0.4, -0.2) is 34.7 Å². The fraction of sp³-hybridized carbons (Fsp3) is 0.429. The van der Waals surface area contributed by atoms with E-state index in [9.17, 15) is 8.42 Å². The Morgan fingerprint density at radius 3 is 2.70 bits per heavy atom. The molecule has 1 rings (SSSR count). The number of ether oxygens (including phenoxy) is 1. The van der Waals surface area contributed by atoms with Gasteiger partial charge in [-0.25, -0.2) is 13.1 Å². The Labute approximate surface area is 120 Å². The zero-order valence-corrected chi connectivity index (χ0v) is 12.8. The summed E-state index contributed by atoms with van der Waals surface area (Å²) in [4.78, 5) is 0.219. The molecule has 0 spiro atoms. The molecule has 1 aromatic rings. The molecule has 0 heterocycles. The molecule has 1 unspecified atom stereocenters. The smallest absolute Gasteiger partial charge is 0.240 e. The second kappa shape index (κ2) is 7.41. The molecule has 0 aliphatic carbocycles. The van der Waals surface area contributed by atoms with Crippen molar-refractivity contribution in [1.82, 2.24) is 4.72 Å².